The van der Waals surface area contributed by atoms with Gasteiger partial charge in [0.15, 0.2) is 0 Å². The maximum absolute atomic E-state index is 11.8. The lowest BCUT2D eigenvalue weighted by atomic mass is 9.87. The average molecular weight is 267 g/mol. The third kappa shape index (κ3) is 2.83. The molecule has 19 heavy (non-hydrogen) atoms. The van der Waals surface area contributed by atoms with Crippen molar-refractivity contribution in [3.8, 4) is 0 Å². The first kappa shape index (κ1) is 15.3. The van der Waals surface area contributed by atoms with E-state index in [0.717, 1.165) is 0 Å². The molecule has 106 valence electrons. The fraction of sp³-hybridized carbons (Fsp3) is 0.692. The van der Waals surface area contributed by atoms with E-state index in [2.05, 4.69) is 5.10 Å². The van der Waals surface area contributed by atoms with E-state index in [4.69, 9.17) is 0 Å². The van der Waals surface area contributed by atoms with E-state index in [1.165, 1.54) is 11.6 Å². The molecule has 1 atom stereocenters. The highest BCUT2D eigenvalue weighted by atomic mass is 16.6. The predicted octanol–water partition coefficient (Wildman–Crippen LogP) is 2.78. The second-order valence-electron chi connectivity index (χ2n) is 5.49. The normalized spacial score (nSPS) is 13.1. The number of nitrogens with zero attached hydrogens (tertiary/aromatic N) is 3. The summed E-state index contributed by atoms with van der Waals surface area (Å²) in [6.45, 7) is 8.96. The van der Waals surface area contributed by atoms with Crippen LogP contribution >= 0.6 is 0 Å². The molecule has 0 N–H and O–H groups in total. The number of hydrogen-bond acceptors (Lipinski definition) is 4. The van der Waals surface area contributed by atoms with E-state index in [-0.39, 0.29) is 23.3 Å². The van der Waals surface area contributed by atoms with Crippen molar-refractivity contribution in [3.63, 3.8) is 0 Å². The van der Waals surface area contributed by atoms with Gasteiger partial charge >= 0.3 is 5.69 Å². The van der Waals surface area contributed by atoms with Crippen LogP contribution in [0.25, 0.3) is 0 Å². The lowest BCUT2D eigenvalue weighted by molar-refractivity contribution is -0.386. The Labute approximate surface area is 113 Å². The van der Waals surface area contributed by atoms with Crippen LogP contribution in [0.4, 0.5) is 5.69 Å². The molecule has 1 heterocycles. The summed E-state index contributed by atoms with van der Waals surface area (Å²) in [6, 6.07) is 0. The van der Waals surface area contributed by atoms with Crippen molar-refractivity contribution < 1.29 is 9.72 Å². The van der Waals surface area contributed by atoms with Gasteiger partial charge in [-0.2, -0.15) is 5.10 Å². The number of rotatable bonds is 5. The van der Waals surface area contributed by atoms with E-state index in [0.29, 0.717) is 11.4 Å². The fourth-order valence-corrected chi connectivity index (χ4v) is 2.45. The Balaban J connectivity index is 3.57. The van der Waals surface area contributed by atoms with Crippen LogP contribution in [0, 0.1) is 16.0 Å². The Morgan fingerprint density at radius 3 is 2.16 bits per heavy atom. The number of aryl methyl sites for hydroxylation is 1. The highest BCUT2D eigenvalue weighted by Gasteiger charge is 2.36. The maximum Gasteiger partial charge on any atom is 0.314 e. The fourth-order valence-electron chi connectivity index (χ4n) is 2.45. The highest BCUT2D eigenvalue weighted by Crippen LogP contribution is 2.37. The lowest BCUT2D eigenvalue weighted by Gasteiger charge is -2.17. The number of Topliss-reactive ketones (excluding diaryl/α,β-unsaturated/α-hetero) is 1. The molecule has 1 aromatic heterocycles. The monoisotopic (exact) mass is 267 g/mol. The van der Waals surface area contributed by atoms with Crippen molar-refractivity contribution in [1.29, 1.82) is 0 Å². The summed E-state index contributed by atoms with van der Waals surface area (Å²) in [7, 11) is 1.66. The minimum absolute atomic E-state index is 0.00777. The van der Waals surface area contributed by atoms with Crippen molar-refractivity contribution in [2.24, 2.45) is 13.0 Å². The molecule has 0 bridgehead atoms. The second-order valence-corrected chi connectivity index (χ2v) is 5.49. The van der Waals surface area contributed by atoms with Crippen LogP contribution in [-0.4, -0.2) is 20.5 Å². The Morgan fingerprint density at radius 2 is 1.84 bits per heavy atom. The van der Waals surface area contributed by atoms with Crippen molar-refractivity contribution in [1.82, 2.24) is 9.78 Å². The molecule has 0 spiro atoms. The van der Waals surface area contributed by atoms with Gasteiger partial charge < -0.3 is 0 Å². The minimum Gasteiger partial charge on any atom is -0.299 e. The molecule has 0 aromatic carbocycles. The van der Waals surface area contributed by atoms with Crippen LogP contribution < -0.4 is 0 Å². The van der Waals surface area contributed by atoms with Gasteiger partial charge in [-0.15, -0.1) is 0 Å². The predicted molar refractivity (Wildman–Crippen MR) is 72.2 cm³/mol. The quantitative estimate of drug-likeness (QED) is 0.607. The SMILES string of the molecule is CC(=O)C(c1c([N+](=O)[O-])c(C(C)C)nn1C)C(C)C. The maximum atomic E-state index is 11.8. The first-order valence-corrected chi connectivity index (χ1v) is 6.40. The molecule has 6 heteroatoms. The Hall–Kier alpha value is -1.72. The van der Waals surface area contributed by atoms with Gasteiger partial charge in [-0.05, 0) is 12.8 Å². The number of aromatic nitrogens is 2. The molecule has 0 aliphatic carbocycles. The first-order valence-electron chi connectivity index (χ1n) is 6.40. The van der Waals surface area contributed by atoms with Crippen LogP contribution in [0.3, 0.4) is 0 Å². The number of carbonyl (C=O) groups is 1. The van der Waals surface area contributed by atoms with Gasteiger partial charge in [0, 0.05) is 13.0 Å². The molecule has 0 aliphatic rings. The molecule has 6 nitrogen and oxygen atoms in total. The molecule has 0 fully saturated rings. The minimum atomic E-state index is -0.495. The summed E-state index contributed by atoms with van der Waals surface area (Å²) < 4.78 is 1.49. The summed E-state index contributed by atoms with van der Waals surface area (Å²) >= 11 is 0. The molecule has 0 aliphatic heterocycles. The van der Waals surface area contributed by atoms with Crippen LogP contribution in [0.2, 0.25) is 0 Å². The van der Waals surface area contributed by atoms with E-state index in [9.17, 15) is 14.9 Å². The molecule has 1 unspecified atom stereocenters. The smallest absolute Gasteiger partial charge is 0.299 e. The van der Waals surface area contributed by atoms with Gasteiger partial charge in [0.1, 0.15) is 17.2 Å². The second kappa shape index (κ2) is 5.50. The third-order valence-corrected chi connectivity index (χ3v) is 3.22. The molecule has 1 rings (SSSR count). The van der Waals surface area contributed by atoms with Crippen molar-refractivity contribution in [3.05, 3.63) is 21.5 Å². The van der Waals surface area contributed by atoms with E-state index >= 15 is 0 Å². The molecule has 0 radical (unpaired) electrons. The molecule has 0 amide bonds. The zero-order valence-electron chi connectivity index (χ0n) is 12.3. The first-order chi connectivity index (χ1) is 8.68. The van der Waals surface area contributed by atoms with Crippen LogP contribution in [-0.2, 0) is 11.8 Å². The van der Waals surface area contributed by atoms with Gasteiger partial charge in [0.25, 0.3) is 0 Å². The van der Waals surface area contributed by atoms with Gasteiger partial charge in [-0.1, -0.05) is 27.7 Å². The summed E-state index contributed by atoms with van der Waals surface area (Å²) in [5, 5.41) is 15.6. The average Bonchev–Trinajstić information content (AvgIpc) is 2.56. The molecular weight excluding hydrogens is 246 g/mol. The molecule has 0 saturated carbocycles. The number of nitro groups is 1. The van der Waals surface area contributed by atoms with Gasteiger partial charge in [-0.3, -0.25) is 19.6 Å². The van der Waals surface area contributed by atoms with Crippen LogP contribution in [0.5, 0.6) is 0 Å². The van der Waals surface area contributed by atoms with Crippen molar-refractivity contribution in [2.45, 2.75) is 46.5 Å². The highest BCUT2D eigenvalue weighted by molar-refractivity contribution is 5.84. The van der Waals surface area contributed by atoms with Crippen LogP contribution in [0.1, 0.15) is 57.8 Å². The Morgan fingerprint density at radius 1 is 1.32 bits per heavy atom. The number of hydrogen-bond donors (Lipinski definition) is 0. The summed E-state index contributed by atoms with van der Waals surface area (Å²) in [4.78, 5) is 22.8. The number of carbonyl (C=O) groups excluding carboxylic acids is 1. The third-order valence-electron chi connectivity index (χ3n) is 3.22. The Kier molecular flexibility index (Phi) is 4.44. The van der Waals surface area contributed by atoms with Crippen LogP contribution in [0.15, 0.2) is 0 Å². The lowest BCUT2D eigenvalue weighted by Crippen LogP contribution is -2.19. The van der Waals surface area contributed by atoms with Gasteiger partial charge in [-0.25, -0.2) is 0 Å². The number of ketones is 1. The standard InChI is InChI=1S/C13H21N3O3/c1-7(2)10(9(5)17)12-13(16(18)19)11(8(3)4)14-15(12)6/h7-8,10H,1-6H3. The topological polar surface area (TPSA) is 78.0 Å². The van der Waals surface area contributed by atoms with Crippen molar-refractivity contribution in [2.75, 3.05) is 0 Å². The Bertz CT molecular complexity index is 503. The van der Waals surface area contributed by atoms with E-state index in [1.807, 2.05) is 27.7 Å². The van der Waals surface area contributed by atoms with Crippen molar-refractivity contribution >= 4 is 11.5 Å². The summed E-state index contributed by atoms with van der Waals surface area (Å²) in [5.74, 6) is -0.631. The summed E-state index contributed by atoms with van der Waals surface area (Å²) in [6.07, 6.45) is 0. The van der Waals surface area contributed by atoms with E-state index in [1.54, 1.807) is 7.05 Å². The van der Waals surface area contributed by atoms with Gasteiger partial charge in [0.05, 0.1) is 10.8 Å². The summed E-state index contributed by atoms with van der Waals surface area (Å²) in [5.41, 5.74) is 0.844. The largest absolute Gasteiger partial charge is 0.314 e. The zero-order chi connectivity index (χ0) is 14.9. The van der Waals surface area contributed by atoms with Gasteiger partial charge in [0.2, 0.25) is 0 Å². The zero-order valence-corrected chi connectivity index (χ0v) is 12.3. The molecule has 0 saturated heterocycles. The van der Waals surface area contributed by atoms with E-state index < -0.39 is 10.8 Å². The molecule has 1 aromatic rings. The molecular formula is C13H21N3O3.